The molecule has 0 aliphatic carbocycles. The molecular weight excluding hydrogens is 404 g/mol. The molecule has 0 bridgehead atoms. The number of carbonyl (C=O) groups excluding carboxylic acids is 1. The maximum atomic E-state index is 12.6. The van der Waals surface area contributed by atoms with Gasteiger partial charge in [0.1, 0.15) is 0 Å². The monoisotopic (exact) mass is 434 g/mol. The van der Waals surface area contributed by atoms with E-state index in [0.29, 0.717) is 0 Å². The van der Waals surface area contributed by atoms with Crippen LogP contribution >= 0.6 is 15.9 Å². The summed E-state index contributed by atoms with van der Waals surface area (Å²) in [6.07, 6.45) is 0.121. The molecule has 1 N–H and O–H groups in total. The van der Waals surface area contributed by atoms with Gasteiger partial charge in [0, 0.05) is 11.5 Å². The van der Waals surface area contributed by atoms with Gasteiger partial charge in [-0.3, -0.25) is 9.63 Å². The Morgan fingerprint density at radius 3 is 2.28 bits per heavy atom. The standard InChI is InChI=1S/C16H25BrN2O3S.C2H6/c1-15(2,3)23(21)18-16(4,11-14(20)19(5)22-6)12-8-7-9-13(17)10-12;1-2/h7-10,18H,11H2,1-6H3;1-2H3/t16-,23+;/m0./s1. The number of amides is 1. The third-order valence-electron chi connectivity index (χ3n) is 3.47. The molecule has 0 radical (unpaired) electrons. The lowest BCUT2D eigenvalue weighted by atomic mass is 9.89. The van der Waals surface area contributed by atoms with Crippen molar-refractivity contribution in [3.8, 4) is 0 Å². The van der Waals surface area contributed by atoms with Crippen LogP contribution in [0.4, 0.5) is 0 Å². The Balaban J connectivity index is 0.00000277. The summed E-state index contributed by atoms with van der Waals surface area (Å²) in [4.78, 5) is 17.3. The lowest BCUT2D eigenvalue weighted by molar-refractivity contribution is -0.170. The van der Waals surface area contributed by atoms with E-state index in [-0.39, 0.29) is 12.3 Å². The van der Waals surface area contributed by atoms with Gasteiger partial charge in [-0.2, -0.15) is 0 Å². The van der Waals surface area contributed by atoms with Crippen LogP contribution in [-0.4, -0.2) is 34.1 Å². The predicted molar refractivity (Wildman–Crippen MR) is 108 cm³/mol. The smallest absolute Gasteiger partial charge is 0.248 e. The number of hydroxylamine groups is 2. The van der Waals surface area contributed by atoms with Crippen LogP contribution < -0.4 is 4.72 Å². The summed E-state index contributed by atoms with van der Waals surface area (Å²) in [6.45, 7) is 11.5. The zero-order valence-corrected chi connectivity index (χ0v) is 18.9. The summed E-state index contributed by atoms with van der Waals surface area (Å²) in [5.74, 6) is -0.201. The van der Waals surface area contributed by atoms with Gasteiger partial charge in [0.25, 0.3) is 0 Å². The molecule has 0 aromatic heterocycles. The summed E-state index contributed by atoms with van der Waals surface area (Å²) in [5, 5.41) is 1.18. The van der Waals surface area contributed by atoms with Gasteiger partial charge in [0.2, 0.25) is 5.91 Å². The van der Waals surface area contributed by atoms with Crippen LogP contribution in [0.5, 0.6) is 0 Å². The van der Waals surface area contributed by atoms with Crippen molar-refractivity contribution in [2.75, 3.05) is 14.2 Å². The van der Waals surface area contributed by atoms with Gasteiger partial charge >= 0.3 is 0 Å². The van der Waals surface area contributed by atoms with Crippen LogP contribution in [-0.2, 0) is 26.2 Å². The molecule has 25 heavy (non-hydrogen) atoms. The number of halogens is 1. The molecule has 7 heteroatoms. The number of rotatable bonds is 6. The van der Waals surface area contributed by atoms with Crippen LogP contribution in [0.2, 0.25) is 0 Å². The summed E-state index contributed by atoms with van der Waals surface area (Å²) in [5.41, 5.74) is 0.0912. The average molecular weight is 435 g/mol. The third-order valence-corrected chi connectivity index (χ3v) is 5.71. The SMILES string of the molecule is CC.CON(C)C(=O)C[C@](C)(N[S@](=O)C(C)(C)C)c1cccc(Br)c1. The largest absolute Gasteiger partial charge is 0.275 e. The van der Waals surface area contributed by atoms with Crippen LogP contribution in [0, 0.1) is 0 Å². The molecule has 1 aromatic carbocycles. The van der Waals surface area contributed by atoms with E-state index in [0.717, 1.165) is 10.0 Å². The van der Waals surface area contributed by atoms with E-state index in [1.165, 1.54) is 12.2 Å². The van der Waals surface area contributed by atoms with Gasteiger partial charge in [-0.25, -0.2) is 14.0 Å². The molecule has 144 valence electrons. The zero-order chi connectivity index (χ0) is 19.8. The van der Waals surface area contributed by atoms with E-state index in [4.69, 9.17) is 4.84 Å². The Morgan fingerprint density at radius 1 is 1.28 bits per heavy atom. The van der Waals surface area contributed by atoms with E-state index in [1.807, 2.05) is 65.8 Å². The minimum absolute atomic E-state index is 0.121. The van der Waals surface area contributed by atoms with Crippen LogP contribution in [0.1, 0.15) is 53.5 Å². The molecule has 2 atom stereocenters. The fourth-order valence-corrected chi connectivity index (χ4v) is 3.21. The van der Waals surface area contributed by atoms with Crippen LogP contribution in [0.25, 0.3) is 0 Å². The minimum Gasteiger partial charge on any atom is -0.275 e. The maximum Gasteiger partial charge on any atom is 0.248 e. The van der Waals surface area contributed by atoms with E-state index in [2.05, 4.69) is 20.7 Å². The fourth-order valence-electron chi connectivity index (χ4n) is 1.90. The van der Waals surface area contributed by atoms with Crippen molar-refractivity contribution in [3.05, 3.63) is 34.3 Å². The number of nitrogens with one attached hydrogen (secondary N) is 1. The first kappa shape index (κ1) is 24.2. The molecule has 0 spiro atoms. The molecule has 1 rings (SSSR count). The number of benzene rings is 1. The quantitative estimate of drug-likeness (QED) is 0.683. The van der Waals surface area contributed by atoms with E-state index < -0.39 is 21.3 Å². The Kier molecular flexibility index (Phi) is 10.1. The van der Waals surface area contributed by atoms with Gasteiger partial charge in [-0.05, 0) is 45.4 Å². The first-order chi connectivity index (χ1) is 11.5. The predicted octanol–water partition coefficient (Wildman–Crippen LogP) is 4.15. The topological polar surface area (TPSA) is 58.6 Å². The van der Waals surface area contributed by atoms with Crippen molar-refractivity contribution in [1.29, 1.82) is 0 Å². The van der Waals surface area contributed by atoms with Gasteiger partial charge in [0.05, 0.1) is 34.8 Å². The van der Waals surface area contributed by atoms with Gasteiger partial charge in [-0.15, -0.1) is 0 Å². The summed E-state index contributed by atoms with van der Waals surface area (Å²) < 4.78 is 16.2. The van der Waals surface area contributed by atoms with Crippen molar-refractivity contribution in [2.45, 2.75) is 58.2 Å². The maximum absolute atomic E-state index is 12.6. The van der Waals surface area contributed by atoms with Gasteiger partial charge in [0.15, 0.2) is 0 Å². The third kappa shape index (κ3) is 7.56. The van der Waals surface area contributed by atoms with Gasteiger partial charge < -0.3 is 0 Å². The molecule has 0 aliphatic rings. The Morgan fingerprint density at radius 2 is 1.84 bits per heavy atom. The van der Waals surface area contributed by atoms with Crippen molar-refractivity contribution in [2.24, 2.45) is 0 Å². The van der Waals surface area contributed by atoms with E-state index >= 15 is 0 Å². The van der Waals surface area contributed by atoms with Crippen molar-refractivity contribution in [3.63, 3.8) is 0 Å². The summed E-state index contributed by atoms with van der Waals surface area (Å²) >= 11 is 3.45. The molecular formula is C18H31BrN2O3S. The molecule has 0 saturated heterocycles. The molecule has 1 aromatic rings. The Labute approximate surface area is 163 Å². The molecule has 0 aliphatic heterocycles. The molecule has 0 unspecified atom stereocenters. The van der Waals surface area contributed by atoms with Crippen LogP contribution in [0.15, 0.2) is 28.7 Å². The van der Waals surface area contributed by atoms with Crippen molar-refractivity contribution >= 4 is 32.8 Å². The highest BCUT2D eigenvalue weighted by Crippen LogP contribution is 2.29. The second-order valence-corrected chi connectivity index (χ2v) is 9.46. The first-order valence-electron chi connectivity index (χ1n) is 8.26. The summed E-state index contributed by atoms with van der Waals surface area (Å²) in [6, 6.07) is 7.64. The number of carbonyl (C=O) groups is 1. The lowest BCUT2D eigenvalue weighted by Crippen LogP contribution is -2.48. The molecule has 0 heterocycles. The number of hydrogen-bond acceptors (Lipinski definition) is 3. The lowest BCUT2D eigenvalue weighted by Gasteiger charge is -2.34. The van der Waals surface area contributed by atoms with Gasteiger partial charge in [-0.1, -0.05) is 41.9 Å². The number of hydrogen-bond donors (Lipinski definition) is 1. The Hall–Kier alpha value is -0.760. The van der Waals surface area contributed by atoms with Crippen molar-refractivity contribution < 1.29 is 13.8 Å². The highest BCUT2D eigenvalue weighted by atomic mass is 79.9. The fraction of sp³-hybridized carbons (Fsp3) is 0.611. The van der Waals surface area contributed by atoms with E-state index in [9.17, 15) is 9.00 Å². The normalized spacial score (nSPS) is 14.8. The van der Waals surface area contributed by atoms with Crippen LogP contribution in [0.3, 0.4) is 0 Å². The molecule has 1 amide bonds. The highest BCUT2D eigenvalue weighted by Gasteiger charge is 2.35. The zero-order valence-electron chi connectivity index (χ0n) is 16.5. The second kappa shape index (κ2) is 10.4. The first-order valence-corrected chi connectivity index (χ1v) is 10.2. The molecule has 0 saturated carbocycles. The molecule has 5 nitrogen and oxygen atoms in total. The highest BCUT2D eigenvalue weighted by molar-refractivity contribution is 9.10. The minimum atomic E-state index is -1.32. The second-order valence-electron chi connectivity index (χ2n) is 6.58. The average Bonchev–Trinajstić information content (AvgIpc) is 2.54. The Bertz CT molecular complexity index is 590. The molecule has 0 fully saturated rings. The van der Waals surface area contributed by atoms with E-state index in [1.54, 1.807) is 7.05 Å². The number of nitrogens with zero attached hydrogens (tertiary/aromatic N) is 1. The van der Waals surface area contributed by atoms with Crippen molar-refractivity contribution in [1.82, 2.24) is 9.79 Å². The summed E-state index contributed by atoms with van der Waals surface area (Å²) in [7, 11) is 1.68.